The zero-order valence-corrected chi connectivity index (χ0v) is 15.4. The molecule has 2 amide bonds. The summed E-state index contributed by atoms with van der Waals surface area (Å²) in [5.74, 6) is 1.08. The lowest BCUT2D eigenvalue weighted by molar-refractivity contribution is -0.133. The number of ether oxygens (including phenoxy) is 2. The summed E-state index contributed by atoms with van der Waals surface area (Å²) in [4.78, 5) is 26.3. The second-order valence-electron chi connectivity index (χ2n) is 7.30. The molecule has 0 saturated carbocycles. The number of rotatable bonds is 4. The molecule has 1 N–H and O–H groups in total. The number of piperidine rings is 1. The Balaban J connectivity index is 1.69. The fourth-order valence-electron chi connectivity index (χ4n) is 3.43. The Morgan fingerprint density at radius 3 is 2.73 bits per heavy atom. The normalized spacial score (nSPS) is 19.6. The van der Waals surface area contributed by atoms with E-state index in [0.29, 0.717) is 32.1 Å². The van der Waals surface area contributed by atoms with Gasteiger partial charge in [0.1, 0.15) is 13.2 Å². The molecule has 6 heteroatoms. The topological polar surface area (TPSA) is 67.9 Å². The highest BCUT2D eigenvalue weighted by molar-refractivity contribution is 5.88. The van der Waals surface area contributed by atoms with Crippen LogP contribution in [0.5, 0.6) is 11.5 Å². The van der Waals surface area contributed by atoms with Crippen molar-refractivity contribution in [1.29, 1.82) is 0 Å². The van der Waals surface area contributed by atoms with Gasteiger partial charge in [-0.15, -0.1) is 0 Å². The van der Waals surface area contributed by atoms with Crippen LogP contribution in [-0.4, -0.2) is 43.0 Å². The largest absolute Gasteiger partial charge is 0.486 e. The van der Waals surface area contributed by atoms with Gasteiger partial charge in [-0.05, 0) is 50.5 Å². The molecule has 0 radical (unpaired) electrons. The maximum atomic E-state index is 12.8. The van der Waals surface area contributed by atoms with Crippen LogP contribution in [0.4, 0.5) is 0 Å². The molecule has 2 heterocycles. The molecule has 0 spiro atoms. The third-order valence-electron chi connectivity index (χ3n) is 4.98. The smallest absolute Gasteiger partial charge is 0.245 e. The van der Waals surface area contributed by atoms with E-state index in [1.54, 1.807) is 4.90 Å². The minimum Gasteiger partial charge on any atom is -0.486 e. The standard InChI is InChI=1S/C20H26N2O4/c1-4-18(23)22-9-5-6-14(13-22)19(24)21-20(2,3)15-7-8-16-17(12-15)26-11-10-25-16/h4,7-8,12,14H,1,5-6,9-11,13H2,2-3H3,(H,21,24). The highest BCUT2D eigenvalue weighted by Crippen LogP contribution is 2.34. The lowest BCUT2D eigenvalue weighted by Crippen LogP contribution is -2.49. The summed E-state index contributed by atoms with van der Waals surface area (Å²) in [6, 6.07) is 5.74. The SMILES string of the molecule is C=CC(=O)N1CCCC(C(=O)NC(C)(C)c2ccc3c(c2)OCCO3)C1. The molecule has 0 bridgehead atoms. The van der Waals surface area contributed by atoms with Crippen molar-refractivity contribution in [1.82, 2.24) is 10.2 Å². The van der Waals surface area contributed by atoms with E-state index in [4.69, 9.17) is 9.47 Å². The van der Waals surface area contributed by atoms with Gasteiger partial charge >= 0.3 is 0 Å². The first-order chi connectivity index (χ1) is 12.4. The molecule has 1 atom stereocenters. The predicted molar refractivity (Wildman–Crippen MR) is 98.1 cm³/mol. The Labute approximate surface area is 154 Å². The minimum atomic E-state index is -0.558. The fraction of sp³-hybridized carbons (Fsp3) is 0.500. The summed E-state index contributed by atoms with van der Waals surface area (Å²) >= 11 is 0. The lowest BCUT2D eigenvalue weighted by atomic mass is 9.91. The van der Waals surface area contributed by atoms with E-state index in [9.17, 15) is 9.59 Å². The number of carbonyl (C=O) groups is 2. The first-order valence-electron chi connectivity index (χ1n) is 9.04. The molecule has 6 nitrogen and oxygen atoms in total. The van der Waals surface area contributed by atoms with Gasteiger partial charge < -0.3 is 19.7 Å². The van der Waals surface area contributed by atoms with Gasteiger partial charge in [0.25, 0.3) is 0 Å². The molecular formula is C20H26N2O4. The highest BCUT2D eigenvalue weighted by Gasteiger charge is 2.32. The molecule has 0 aliphatic carbocycles. The molecule has 1 aromatic carbocycles. The molecule has 140 valence electrons. The van der Waals surface area contributed by atoms with Gasteiger partial charge in [0.05, 0.1) is 11.5 Å². The van der Waals surface area contributed by atoms with Crippen LogP contribution < -0.4 is 14.8 Å². The number of hydrogen-bond acceptors (Lipinski definition) is 4. The number of benzene rings is 1. The molecule has 1 fully saturated rings. The van der Waals surface area contributed by atoms with Crippen LogP contribution in [0, 0.1) is 5.92 Å². The number of amides is 2. The summed E-state index contributed by atoms with van der Waals surface area (Å²) < 4.78 is 11.2. The Hall–Kier alpha value is -2.50. The third-order valence-corrected chi connectivity index (χ3v) is 4.98. The zero-order valence-electron chi connectivity index (χ0n) is 15.4. The van der Waals surface area contributed by atoms with E-state index >= 15 is 0 Å². The lowest BCUT2D eigenvalue weighted by Gasteiger charge is -2.34. The molecular weight excluding hydrogens is 332 g/mol. The second kappa shape index (κ2) is 7.40. The number of nitrogens with zero attached hydrogens (tertiary/aromatic N) is 1. The van der Waals surface area contributed by atoms with Crippen LogP contribution in [0.2, 0.25) is 0 Å². The van der Waals surface area contributed by atoms with E-state index in [1.165, 1.54) is 6.08 Å². The van der Waals surface area contributed by atoms with Crippen molar-refractivity contribution in [3.05, 3.63) is 36.4 Å². The molecule has 0 aromatic heterocycles. The Morgan fingerprint density at radius 2 is 2.00 bits per heavy atom. The Bertz CT molecular complexity index is 714. The van der Waals surface area contributed by atoms with Crippen LogP contribution >= 0.6 is 0 Å². The summed E-state index contributed by atoms with van der Waals surface area (Å²) in [6.45, 7) is 9.65. The summed E-state index contributed by atoms with van der Waals surface area (Å²) in [5.41, 5.74) is 0.391. The Morgan fingerprint density at radius 1 is 1.27 bits per heavy atom. The maximum Gasteiger partial charge on any atom is 0.245 e. The molecule has 1 aromatic rings. The summed E-state index contributed by atoms with van der Waals surface area (Å²) in [5, 5.41) is 3.13. The summed E-state index contributed by atoms with van der Waals surface area (Å²) in [7, 11) is 0. The van der Waals surface area contributed by atoms with Crippen molar-refractivity contribution in [3.63, 3.8) is 0 Å². The van der Waals surface area contributed by atoms with Gasteiger partial charge in [0.2, 0.25) is 11.8 Å². The maximum absolute atomic E-state index is 12.8. The summed E-state index contributed by atoms with van der Waals surface area (Å²) in [6.07, 6.45) is 2.91. The van der Waals surface area contributed by atoms with Gasteiger partial charge in [0, 0.05) is 13.1 Å². The molecule has 26 heavy (non-hydrogen) atoms. The molecule has 2 aliphatic heterocycles. The number of fused-ring (bicyclic) bond motifs is 1. The molecule has 1 saturated heterocycles. The van der Waals surface area contributed by atoms with Gasteiger partial charge in [-0.3, -0.25) is 9.59 Å². The quantitative estimate of drug-likeness (QED) is 0.838. The van der Waals surface area contributed by atoms with Crippen LogP contribution in [-0.2, 0) is 15.1 Å². The molecule has 3 rings (SSSR count). The van der Waals surface area contributed by atoms with Crippen LogP contribution in [0.1, 0.15) is 32.3 Å². The van der Waals surface area contributed by atoms with Gasteiger partial charge in [-0.2, -0.15) is 0 Å². The average Bonchev–Trinajstić information content (AvgIpc) is 2.66. The van der Waals surface area contributed by atoms with Crippen molar-refractivity contribution >= 4 is 11.8 Å². The number of hydrogen-bond donors (Lipinski definition) is 1. The van der Waals surface area contributed by atoms with Crippen molar-refractivity contribution in [2.45, 2.75) is 32.2 Å². The van der Waals surface area contributed by atoms with E-state index in [2.05, 4.69) is 11.9 Å². The van der Waals surface area contributed by atoms with Crippen molar-refractivity contribution < 1.29 is 19.1 Å². The van der Waals surface area contributed by atoms with Crippen molar-refractivity contribution in [2.75, 3.05) is 26.3 Å². The number of nitrogens with one attached hydrogen (secondary N) is 1. The highest BCUT2D eigenvalue weighted by atomic mass is 16.6. The zero-order chi connectivity index (χ0) is 18.7. The minimum absolute atomic E-state index is 0.0357. The predicted octanol–water partition coefficient (Wildman–Crippen LogP) is 2.23. The van der Waals surface area contributed by atoms with Crippen LogP contribution in [0.25, 0.3) is 0 Å². The average molecular weight is 358 g/mol. The van der Waals surface area contributed by atoms with Gasteiger partial charge in [-0.25, -0.2) is 0 Å². The van der Waals surface area contributed by atoms with Gasteiger partial charge in [-0.1, -0.05) is 12.6 Å². The van der Waals surface area contributed by atoms with Crippen molar-refractivity contribution in [2.24, 2.45) is 5.92 Å². The van der Waals surface area contributed by atoms with Crippen LogP contribution in [0.3, 0.4) is 0 Å². The van der Waals surface area contributed by atoms with E-state index < -0.39 is 5.54 Å². The van der Waals surface area contributed by atoms with E-state index in [1.807, 2.05) is 32.0 Å². The number of likely N-dealkylation sites (tertiary alicyclic amines) is 1. The first-order valence-corrected chi connectivity index (χ1v) is 9.04. The third kappa shape index (κ3) is 3.84. The molecule has 2 aliphatic rings. The fourth-order valence-corrected chi connectivity index (χ4v) is 3.43. The monoisotopic (exact) mass is 358 g/mol. The second-order valence-corrected chi connectivity index (χ2v) is 7.30. The van der Waals surface area contributed by atoms with E-state index in [0.717, 1.165) is 24.2 Å². The molecule has 1 unspecified atom stereocenters. The van der Waals surface area contributed by atoms with E-state index in [-0.39, 0.29) is 17.7 Å². The van der Waals surface area contributed by atoms with Crippen molar-refractivity contribution in [3.8, 4) is 11.5 Å². The van der Waals surface area contributed by atoms with Gasteiger partial charge in [0.15, 0.2) is 11.5 Å². The first kappa shape index (κ1) is 18.3. The number of carbonyl (C=O) groups excluding carboxylic acids is 2. The Kier molecular flexibility index (Phi) is 5.20. The van der Waals surface area contributed by atoms with Crippen LogP contribution in [0.15, 0.2) is 30.9 Å².